The number of rotatable bonds is 4. The van der Waals surface area contributed by atoms with Gasteiger partial charge in [-0.05, 0) is 30.4 Å². The normalized spacial score (nSPS) is 14.8. The highest BCUT2D eigenvalue weighted by atomic mass is 16.5. The summed E-state index contributed by atoms with van der Waals surface area (Å²) in [6.07, 6.45) is 2.16. The van der Waals surface area contributed by atoms with Crippen molar-refractivity contribution < 1.29 is 24.9 Å². The molecule has 0 aliphatic carbocycles. The fourth-order valence-electron chi connectivity index (χ4n) is 2.35. The summed E-state index contributed by atoms with van der Waals surface area (Å²) in [5.74, 6) is -0.265. The van der Waals surface area contributed by atoms with E-state index in [0.717, 1.165) is 28.7 Å². The average Bonchev–Trinajstić information content (AvgIpc) is 2.63. The van der Waals surface area contributed by atoms with Crippen LogP contribution in [-0.2, 0) is 4.79 Å². The molecular formula is C19H23N3O5. The van der Waals surface area contributed by atoms with E-state index in [1.54, 1.807) is 18.5 Å². The zero-order valence-corrected chi connectivity index (χ0v) is 15.7. The van der Waals surface area contributed by atoms with Crippen molar-refractivity contribution in [3.8, 4) is 11.5 Å². The fraction of sp³-hybridized carbons (Fsp3) is 0.368. The number of ether oxygens (including phenoxy) is 1. The number of carboxylic acids is 1. The first-order valence-corrected chi connectivity index (χ1v) is 8.44. The zero-order chi connectivity index (χ0) is 20.1. The predicted octanol–water partition coefficient (Wildman–Crippen LogP) is 2.56. The number of aromatic nitrogens is 1. The number of aliphatic carboxylic acids is 1. The summed E-state index contributed by atoms with van der Waals surface area (Å²) in [4.78, 5) is 22.8. The molecule has 8 nitrogen and oxygen atoms in total. The quantitative estimate of drug-likeness (QED) is 0.756. The zero-order valence-electron chi connectivity index (χ0n) is 15.7. The number of aliphatic hydroxyl groups excluding tert-OH is 1. The number of hydrogen-bond donors (Lipinski definition) is 3. The maximum absolute atomic E-state index is 10.2. The summed E-state index contributed by atoms with van der Waals surface area (Å²) >= 11 is 0. The molecule has 0 amide bonds. The Balaban J connectivity index is 0.000000380. The lowest BCUT2D eigenvalue weighted by atomic mass is 10.0. The number of phenolic OH excluding ortho intramolecular Hbond substituents is 1. The number of methoxy groups -OCH3 is 1. The molecule has 2 heterocycles. The monoisotopic (exact) mass is 373 g/mol. The van der Waals surface area contributed by atoms with Crippen molar-refractivity contribution in [2.75, 3.05) is 13.7 Å². The summed E-state index contributed by atoms with van der Waals surface area (Å²) < 4.78 is 5.19. The molecule has 1 aromatic carbocycles. The van der Waals surface area contributed by atoms with Crippen molar-refractivity contribution in [2.45, 2.75) is 26.9 Å². The Bertz CT molecular complexity index is 904. The van der Waals surface area contributed by atoms with Gasteiger partial charge in [0.05, 0.1) is 19.0 Å². The van der Waals surface area contributed by atoms with Crippen molar-refractivity contribution >= 4 is 34.4 Å². The Morgan fingerprint density at radius 2 is 2.00 bits per heavy atom. The maximum Gasteiger partial charge on any atom is 0.332 e. The van der Waals surface area contributed by atoms with Gasteiger partial charge in [-0.25, -0.2) is 9.79 Å². The van der Waals surface area contributed by atoms with Gasteiger partial charge >= 0.3 is 5.97 Å². The van der Waals surface area contributed by atoms with E-state index in [1.165, 1.54) is 14.0 Å². The van der Waals surface area contributed by atoms with Gasteiger partial charge in [0.25, 0.3) is 0 Å². The first kappa shape index (κ1) is 20.3. The minimum Gasteiger partial charge on any atom is -0.503 e. The van der Waals surface area contributed by atoms with Gasteiger partial charge in [0, 0.05) is 18.1 Å². The van der Waals surface area contributed by atoms with Gasteiger partial charge in [-0.15, -0.1) is 0 Å². The van der Waals surface area contributed by atoms with Crippen LogP contribution in [0.5, 0.6) is 11.5 Å². The Hall–Kier alpha value is -3.00. The molecule has 144 valence electrons. The van der Waals surface area contributed by atoms with Gasteiger partial charge in [-0.3, -0.25) is 9.98 Å². The molecule has 2 aromatic rings. The molecule has 0 fully saturated rings. The minimum atomic E-state index is -1.23. The van der Waals surface area contributed by atoms with E-state index in [4.69, 9.17) is 14.9 Å². The van der Waals surface area contributed by atoms with Crippen LogP contribution >= 0.6 is 0 Å². The van der Waals surface area contributed by atoms with Crippen LogP contribution < -0.4 is 4.74 Å². The first-order chi connectivity index (χ1) is 12.8. The first-order valence-electron chi connectivity index (χ1n) is 8.44. The van der Waals surface area contributed by atoms with Gasteiger partial charge in [-0.1, -0.05) is 13.8 Å². The molecule has 1 aromatic heterocycles. The number of hydrogen-bond acceptors (Lipinski definition) is 7. The SMILES string of the molecule is CC(O)C(=O)O.COc1cc2ccnc3c2c(c1O)N=CC3=NCC(C)C. The highest BCUT2D eigenvalue weighted by Crippen LogP contribution is 2.44. The van der Waals surface area contributed by atoms with Gasteiger partial charge in [0.1, 0.15) is 17.5 Å². The standard InChI is InChI=1S/C16H17N3O2.C3H6O3/c1-9(2)7-18-11-8-19-15-13-10(4-5-17-14(11)13)6-12(21-3)16(15)20;1-2(4)3(5)6/h4-6,8-9,20H,7H2,1-3H3;2,4H,1H3,(H,5,6). The van der Waals surface area contributed by atoms with Gasteiger partial charge in [0.2, 0.25) is 0 Å². The number of aliphatic hydroxyl groups is 1. The van der Waals surface area contributed by atoms with E-state index >= 15 is 0 Å². The van der Waals surface area contributed by atoms with Crippen molar-refractivity contribution in [1.29, 1.82) is 0 Å². The molecule has 8 heteroatoms. The summed E-state index contributed by atoms with van der Waals surface area (Å²) in [5.41, 5.74) is 2.01. The number of aliphatic imine (C=N–C) groups is 2. The number of carboxylic acid groups (broad SMARTS) is 1. The third-order valence-corrected chi connectivity index (χ3v) is 3.73. The van der Waals surface area contributed by atoms with Crippen molar-refractivity contribution in [3.05, 3.63) is 24.0 Å². The molecule has 3 rings (SSSR count). The summed E-state index contributed by atoms with van der Waals surface area (Å²) in [5, 5.41) is 27.8. The lowest BCUT2D eigenvalue weighted by Gasteiger charge is -2.16. The largest absolute Gasteiger partial charge is 0.503 e. The van der Waals surface area contributed by atoms with Crippen molar-refractivity contribution in [1.82, 2.24) is 4.98 Å². The van der Waals surface area contributed by atoms with Gasteiger partial charge in [0.15, 0.2) is 11.5 Å². The minimum absolute atomic E-state index is 0.0402. The molecule has 1 atom stereocenters. The van der Waals surface area contributed by atoms with E-state index in [0.29, 0.717) is 17.4 Å². The molecule has 0 saturated heterocycles. The smallest absolute Gasteiger partial charge is 0.332 e. The second-order valence-corrected chi connectivity index (χ2v) is 6.43. The number of nitrogens with zero attached hydrogens (tertiary/aromatic N) is 3. The number of benzene rings is 1. The molecule has 3 N–H and O–H groups in total. The Kier molecular flexibility index (Phi) is 6.46. The molecule has 27 heavy (non-hydrogen) atoms. The van der Waals surface area contributed by atoms with Gasteiger partial charge in [-0.2, -0.15) is 0 Å². The van der Waals surface area contributed by atoms with Crippen LogP contribution in [-0.4, -0.2) is 58.0 Å². The number of pyridine rings is 1. The highest BCUT2D eigenvalue weighted by Gasteiger charge is 2.21. The maximum atomic E-state index is 10.2. The van der Waals surface area contributed by atoms with E-state index < -0.39 is 12.1 Å². The number of carbonyl (C=O) groups is 1. The summed E-state index contributed by atoms with van der Waals surface area (Å²) in [7, 11) is 1.53. The number of phenols is 1. The van der Waals surface area contributed by atoms with Crippen LogP contribution in [0.4, 0.5) is 5.69 Å². The van der Waals surface area contributed by atoms with E-state index in [2.05, 4.69) is 28.8 Å². The summed E-state index contributed by atoms with van der Waals surface area (Å²) in [6, 6.07) is 3.67. The van der Waals surface area contributed by atoms with Crippen LogP contribution in [0.2, 0.25) is 0 Å². The van der Waals surface area contributed by atoms with Crippen molar-refractivity contribution in [3.63, 3.8) is 0 Å². The van der Waals surface area contributed by atoms with Crippen LogP contribution in [0.15, 0.2) is 28.3 Å². The lowest BCUT2D eigenvalue weighted by Crippen LogP contribution is -2.13. The Labute approximate surface area is 156 Å². The van der Waals surface area contributed by atoms with Gasteiger partial charge < -0.3 is 20.1 Å². The van der Waals surface area contributed by atoms with Crippen molar-refractivity contribution in [2.24, 2.45) is 15.9 Å². The second kappa shape index (κ2) is 8.59. The van der Waals surface area contributed by atoms with E-state index in [-0.39, 0.29) is 5.75 Å². The molecule has 1 aliphatic rings. The molecule has 0 saturated carbocycles. The molecule has 0 spiro atoms. The van der Waals surface area contributed by atoms with Crippen LogP contribution in [0.1, 0.15) is 26.5 Å². The molecule has 0 radical (unpaired) electrons. The molecular weight excluding hydrogens is 350 g/mol. The number of aromatic hydroxyl groups is 1. The Morgan fingerprint density at radius 3 is 2.56 bits per heavy atom. The molecule has 1 unspecified atom stereocenters. The van der Waals surface area contributed by atoms with Crippen LogP contribution in [0.3, 0.4) is 0 Å². The van der Waals surface area contributed by atoms with Crippen LogP contribution in [0, 0.1) is 5.92 Å². The third kappa shape index (κ3) is 4.59. The van der Waals surface area contributed by atoms with E-state index in [1.807, 2.05) is 6.07 Å². The second-order valence-electron chi connectivity index (χ2n) is 6.43. The van der Waals surface area contributed by atoms with Crippen LogP contribution in [0.25, 0.3) is 10.8 Å². The molecule has 1 aliphatic heterocycles. The highest BCUT2D eigenvalue weighted by molar-refractivity contribution is 6.43. The summed E-state index contributed by atoms with van der Waals surface area (Å²) in [6.45, 7) is 6.14. The average molecular weight is 373 g/mol. The lowest BCUT2D eigenvalue weighted by molar-refractivity contribution is -0.145. The fourth-order valence-corrected chi connectivity index (χ4v) is 2.35. The third-order valence-electron chi connectivity index (χ3n) is 3.73. The topological polar surface area (TPSA) is 125 Å². The molecule has 0 bridgehead atoms. The van der Waals surface area contributed by atoms with E-state index in [9.17, 15) is 9.90 Å². The Morgan fingerprint density at radius 1 is 1.33 bits per heavy atom. The predicted molar refractivity (Wildman–Crippen MR) is 104 cm³/mol.